The Balaban J connectivity index is 1.86. The SMILES string of the molecule is CCC(C)(C)C1CCN(C(=O)Oc2ccccc2)CC1. The van der Waals surface area contributed by atoms with E-state index in [1.807, 2.05) is 35.2 Å². The second-order valence-electron chi connectivity index (χ2n) is 6.28. The monoisotopic (exact) mass is 275 g/mol. The molecule has 1 aliphatic heterocycles. The van der Waals surface area contributed by atoms with Crippen LogP contribution in [0.25, 0.3) is 0 Å². The van der Waals surface area contributed by atoms with Gasteiger partial charge in [-0.15, -0.1) is 0 Å². The quantitative estimate of drug-likeness (QED) is 0.821. The van der Waals surface area contributed by atoms with Crippen LogP contribution in [0, 0.1) is 11.3 Å². The van der Waals surface area contributed by atoms with E-state index in [-0.39, 0.29) is 6.09 Å². The number of ether oxygens (including phenoxy) is 1. The number of hydrogen-bond acceptors (Lipinski definition) is 2. The van der Waals surface area contributed by atoms with Crippen LogP contribution in [0.15, 0.2) is 30.3 Å². The molecular formula is C17H25NO2. The molecule has 1 fully saturated rings. The molecule has 0 radical (unpaired) electrons. The van der Waals surface area contributed by atoms with Crippen molar-refractivity contribution < 1.29 is 9.53 Å². The number of para-hydroxylation sites is 1. The van der Waals surface area contributed by atoms with Gasteiger partial charge in [-0.05, 0) is 36.3 Å². The lowest BCUT2D eigenvalue weighted by atomic mass is 9.72. The van der Waals surface area contributed by atoms with Gasteiger partial charge in [-0.25, -0.2) is 4.79 Å². The minimum atomic E-state index is -0.219. The highest BCUT2D eigenvalue weighted by molar-refractivity contribution is 5.70. The summed E-state index contributed by atoms with van der Waals surface area (Å²) in [5.41, 5.74) is 0.370. The Labute approximate surface area is 121 Å². The molecule has 1 aliphatic rings. The predicted molar refractivity (Wildman–Crippen MR) is 80.8 cm³/mol. The Kier molecular flexibility index (Phi) is 4.69. The van der Waals surface area contributed by atoms with E-state index in [4.69, 9.17) is 4.74 Å². The van der Waals surface area contributed by atoms with Crippen LogP contribution >= 0.6 is 0 Å². The van der Waals surface area contributed by atoms with E-state index in [9.17, 15) is 4.79 Å². The maximum atomic E-state index is 12.1. The number of amides is 1. The van der Waals surface area contributed by atoms with Crippen LogP contribution in [0.5, 0.6) is 5.75 Å². The topological polar surface area (TPSA) is 29.5 Å². The number of nitrogens with zero attached hydrogens (tertiary/aromatic N) is 1. The third kappa shape index (κ3) is 3.53. The molecule has 1 amide bonds. The molecule has 3 nitrogen and oxygen atoms in total. The van der Waals surface area contributed by atoms with Crippen LogP contribution in [0.1, 0.15) is 40.0 Å². The Morgan fingerprint density at radius 2 is 1.85 bits per heavy atom. The Bertz CT molecular complexity index is 434. The van der Waals surface area contributed by atoms with Crippen molar-refractivity contribution in [1.29, 1.82) is 0 Å². The molecule has 0 unspecified atom stereocenters. The Hall–Kier alpha value is -1.51. The average Bonchev–Trinajstić information content (AvgIpc) is 2.48. The van der Waals surface area contributed by atoms with E-state index in [1.54, 1.807) is 0 Å². The number of likely N-dealkylation sites (tertiary alicyclic amines) is 1. The lowest BCUT2D eigenvalue weighted by Gasteiger charge is -2.39. The second kappa shape index (κ2) is 6.29. The smallest absolute Gasteiger partial charge is 0.410 e. The van der Waals surface area contributed by atoms with Gasteiger partial charge in [-0.2, -0.15) is 0 Å². The van der Waals surface area contributed by atoms with Gasteiger partial charge in [0.2, 0.25) is 0 Å². The first-order chi connectivity index (χ1) is 9.53. The largest absolute Gasteiger partial charge is 0.415 e. The first kappa shape index (κ1) is 14.9. The molecule has 1 saturated heterocycles. The highest BCUT2D eigenvalue weighted by Crippen LogP contribution is 2.37. The summed E-state index contributed by atoms with van der Waals surface area (Å²) < 4.78 is 5.39. The summed E-state index contributed by atoms with van der Waals surface area (Å²) in [6.45, 7) is 8.51. The summed E-state index contributed by atoms with van der Waals surface area (Å²) >= 11 is 0. The summed E-state index contributed by atoms with van der Waals surface area (Å²) in [6, 6.07) is 9.28. The molecule has 20 heavy (non-hydrogen) atoms. The molecule has 0 N–H and O–H groups in total. The summed E-state index contributed by atoms with van der Waals surface area (Å²) in [5, 5.41) is 0. The highest BCUT2D eigenvalue weighted by Gasteiger charge is 2.32. The van der Waals surface area contributed by atoms with Crippen molar-refractivity contribution in [3.63, 3.8) is 0 Å². The molecule has 110 valence electrons. The maximum Gasteiger partial charge on any atom is 0.415 e. The van der Waals surface area contributed by atoms with Crippen molar-refractivity contribution >= 4 is 6.09 Å². The first-order valence-electron chi connectivity index (χ1n) is 7.54. The molecule has 0 saturated carbocycles. The van der Waals surface area contributed by atoms with Gasteiger partial charge in [0.25, 0.3) is 0 Å². The standard InChI is InChI=1S/C17H25NO2/c1-4-17(2,3)14-10-12-18(13-11-14)16(19)20-15-8-6-5-7-9-15/h5-9,14H,4,10-13H2,1-3H3. The summed E-state index contributed by atoms with van der Waals surface area (Å²) in [5.74, 6) is 1.32. The molecule has 0 aliphatic carbocycles. The van der Waals surface area contributed by atoms with Gasteiger partial charge in [0.15, 0.2) is 0 Å². The van der Waals surface area contributed by atoms with Crippen molar-refractivity contribution in [2.24, 2.45) is 11.3 Å². The van der Waals surface area contributed by atoms with Crippen molar-refractivity contribution in [3.8, 4) is 5.75 Å². The predicted octanol–water partition coefficient (Wildman–Crippen LogP) is 4.33. The number of carbonyl (C=O) groups excluding carboxylic acids is 1. The van der Waals surface area contributed by atoms with Crippen LogP contribution in [-0.4, -0.2) is 24.1 Å². The summed E-state index contributed by atoms with van der Waals surface area (Å²) in [7, 11) is 0. The van der Waals surface area contributed by atoms with E-state index in [1.165, 1.54) is 6.42 Å². The second-order valence-corrected chi connectivity index (χ2v) is 6.28. The molecular weight excluding hydrogens is 250 g/mol. The van der Waals surface area contributed by atoms with E-state index in [0.29, 0.717) is 17.1 Å². The van der Waals surface area contributed by atoms with Gasteiger partial charge < -0.3 is 9.64 Å². The molecule has 1 aromatic carbocycles. The molecule has 0 atom stereocenters. The van der Waals surface area contributed by atoms with Crippen molar-refractivity contribution in [2.75, 3.05) is 13.1 Å². The zero-order valence-corrected chi connectivity index (χ0v) is 12.8. The van der Waals surface area contributed by atoms with Gasteiger partial charge in [0, 0.05) is 13.1 Å². The lowest BCUT2D eigenvalue weighted by Crippen LogP contribution is -2.43. The summed E-state index contributed by atoms with van der Waals surface area (Å²) in [4.78, 5) is 13.9. The van der Waals surface area contributed by atoms with Crippen molar-refractivity contribution in [3.05, 3.63) is 30.3 Å². The van der Waals surface area contributed by atoms with E-state index in [2.05, 4.69) is 20.8 Å². The molecule has 3 heteroatoms. The number of hydrogen-bond donors (Lipinski definition) is 0. The fraction of sp³-hybridized carbons (Fsp3) is 0.588. The fourth-order valence-corrected chi connectivity index (χ4v) is 2.79. The normalized spacial score (nSPS) is 17.1. The number of carbonyl (C=O) groups is 1. The molecule has 1 heterocycles. The van der Waals surface area contributed by atoms with Gasteiger partial charge in [-0.1, -0.05) is 45.4 Å². The van der Waals surface area contributed by atoms with Gasteiger partial charge in [0.05, 0.1) is 0 Å². The van der Waals surface area contributed by atoms with E-state index in [0.717, 1.165) is 25.9 Å². The Morgan fingerprint density at radius 1 is 1.25 bits per heavy atom. The van der Waals surface area contributed by atoms with Crippen LogP contribution in [-0.2, 0) is 0 Å². The number of piperidine rings is 1. The average molecular weight is 275 g/mol. The number of rotatable bonds is 3. The molecule has 0 bridgehead atoms. The van der Waals surface area contributed by atoms with Gasteiger partial charge in [-0.3, -0.25) is 0 Å². The number of benzene rings is 1. The molecule has 1 aromatic rings. The van der Waals surface area contributed by atoms with E-state index >= 15 is 0 Å². The van der Waals surface area contributed by atoms with Crippen molar-refractivity contribution in [2.45, 2.75) is 40.0 Å². The third-order valence-corrected chi connectivity index (χ3v) is 4.72. The van der Waals surface area contributed by atoms with Crippen LogP contribution in [0.2, 0.25) is 0 Å². The zero-order valence-electron chi connectivity index (χ0n) is 12.8. The third-order valence-electron chi connectivity index (χ3n) is 4.72. The maximum absolute atomic E-state index is 12.1. The van der Waals surface area contributed by atoms with Crippen LogP contribution in [0.3, 0.4) is 0 Å². The molecule has 0 spiro atoms. The zero-order chi connectivity index (χ0) is 14.6. The van der Waals surface area contributed by atoms with Crippen molar-refractivity contribution in [1.82, 2.24) is 4.90 Å². The Morgan fingerprint density at radius 3 is 2.40 bits per heavy atom. The summed E-state index contributed by atoms with van der Waals surface area (Å²) in [6.07, 6.45) is 3.12. The van der Waals surface area contributed by atoms with E-state index < -0.39 is 0 Å². The van der Waals surface area contributed by atoms with Gasteiger partial charge >= 0.3 is 6.09 Å². The minimum absolute atomic E-state index is 0.219. The van der Waals surface area contributed by atoms with Crippen LogP contribution < -0.4 is 4.74 Å². The molecule has 0 aromatic heterocycles. The van der Waals surface area contributed by atoms with Gasteiger partial charge in [0.1, 0.15) is 5.75 Å². The molecule has 2 rings (SSSR count). The highest BCUT2D eigenvalue weighted by atomic mass is 16.6. The first-order valence-corrected chi connectivity index (χ1v) is 7.54. The fourth-order valence-electron chi connectivity index (χ4n) is 2.79. The van der Waals surface area contributed by atoms with Crippen LogP contribution in [0.4, 0.5) is 4.79 Å². The minimum Gasteiger partial charge on any atom is -0.410 e. The lowest BCUT2D eigenvalue weighted by molar-refractivity contribution is 0.0901.